The fourth-order valence-corrected chi connectivity index (χ4v) is 1.37. The van der Waals surface area contributed by atoms with Crippen molar-refractivity contribution in [3.05, 3.63) is 64.9 Å². The molecule has 0 radical (unpaired) electrons. The molecule has 0 spiro atoms. The summed E-state index contributed by atoms with van der Waals surface area (Å²) in [6.45, 7) is 0.429. The number of nitrogens with zero attached hydrogens (tertiary/aromatic N) is 2. The highest BCUT2D eigenvalue weighted by atomic mass is 35.5. The van der Waals surface area contributed by atoms with Gasteiger partial charge in [-0.15, -0.1) is 0 Å². The Balaban J connectivity index is 1.84. The number of hydrogen-bond acceptors (Lipinski definition) is 3. The van der Waals surface area contributed by atoms with Crippen LogP contribution in [0.25, 0.3) is 0 Å². The summed E-state index contributed by atoms with van der Waals surface area (Å²) in [5.74, 6) is 0. The largest absolute Gasteiger partial charge is 0.391 e. The first-order valence-corrected chi connectivity index (χ1v) is 5.52. The lowest BCUT2D eigenvalue weighted by Crippen LogP contribution is -1.88. The van der Waals surface area contributed by atoms with Crippen LogP contribution in [0.3, 0.4) is 0 Å². The molecule has 0 aliphatic rings. The van der Waals surface area contributed by atoms with Crippen LogP contribution in [0, 0.1) is 0 Å². The summed E-state index contributed by atoms with van der Waals surface area (Å²) < 4.78 is 0. The summed E-state index contributed by atoms with van der Waals surface area (Å²) in [4.78, 5) is 9.08. The molecule has 0 unspecified atom stereocenters. The van der Waals surface area contributed by atoms with E-state index in [0.717, 1.165) is 11.1 Å². The molecule has 0 bridgehead atoms. The summed E-state index contributed by atoms with van der Waals surface area (Å²) >= 11 is 5.78. The minimum atomic E-state index is 0.429. The molecule has 0 saturated heterocycles. The predicted molar refractivity (Wildman–Crippen MR) is 68.1 cm³/mol. The number of pyridine rings is 1. The maximum atomic E-state index is 5.78. The number of aromatic nitrogens is 1. The molecule has 3 nitrogen and oxygen atoms in total. The van der Waals surface area contributed by atoms with Crippen LogP contribution in [0.5, 0.6) is 0 Å². The maximum Gasteiger partial charge on any atom is 0.142 e. The number of oxime groups is 1. The van der Waals surface area contributed by atoms with E-state index in [4.69, 9.17) is 16.4 Å². The van der Waals surface area contributed by atoms with Gasteiger partial charge in [0, 0.05) is 17.4 Å². The summed E-state index contributed by atoms with van der Waals surface area (Å²) in [6.07, 6.45) is 5.07. The molecule has 0 saturated carbocycles. The van der Waals surface area contributed by atoms with Crippen LogP contribution in [0.2, 0.25) is 5.02 Å². The van der Waals surface area contributed by atoms with Crippen LogP contribution < -0.4 is 0 Å². The topological polar surface area (TPSA) is 34.5 Å². The summed E-state index contributed by atoms with van der Waals surface area (Å²) in [5, 5.41) is 4.59. The third-order valence-electron chi connectivity index (χ3n) is 2.13. The van der Waals surface area contributed by atoms with Crippen LogP contribution in [-0.4, -0.2) is 11.2 Å². The van der Waals surface area contributed by atoms with E-state index >= 15 is 0 Å². The van der Waals surface area contributed by atoms with E-state index in [1.54, 1.807) is 18.6 Å². The third-order valence-corrected chi connectivity index (χ3v) is 2.38. The van der Waals surface area contributed by atoms with Gasteiger partial charge in [0.15, 0.2) is 0 Å². The second-order valence-electron chi connectivity index (χ2n) is 3.41. The Bertz CT molecular complexity index is 483. The summed E-state index contributed by atoms with van der Waals surface area (Å²) in [7, 11) is 0. The van der Waals surface area contributed by atoms with Gasteiger partial charge in [0.2, 0.25) is 0 Å². The van der Waals surface area contributed by atoms with Gasteiger partial charge in [0.1, 0.15) is 6.61 Å². The first kappa shape index (κ1) is 11.6. The first-order valence-electron chi connectivity index (χ1n) is 5.14. The molecule has 0 amide bonds. The molecule has 1 heterocycles. The highest BCUT2D eigenvalue weighted by Gasteiger charge is 1.92. The van der Waals surface area contributed by atoms with Gasteiger partial charge < -0.3 is 4.84 Å². The molecular weight excluding hydrogens is 236 g/mol. The minimum Gasteiger partial charge on any atom is -0.391 e. The average molecular weight is 247 g/mol. The molecule has 0 aliphatic heterocycles. The summed E-state index contributed by atoms with van der Waals surface area (Å²) in [5.41, 5.74) is 1.98. The van der Waals surface area contributed by atoms with Crippen molar-refractivity contribution >= 4 is 17.8 Å². The second kappa shape index (κ2) is 6.01. The molecule has 1 aromatic carbocycles. The highest BCUT2D eigenvalue weighted by Crippen LogP contribution is 2.10. The standard InChI is InChI=1S/C13H11ClN2O/c14-13-3-1-12(2-4-13)10-17-16-9-11-5-7-15-8-6-11/h1-9H,10H2. The fraction of sp³-hybridized carbons (Fsp3) is 0.0769. The van der Waals surface area contributed by atoms with Gasteiger partial charge in [-0.3, -0.25) is 4.98 Å². The number of rotatable bonds is 4. The smallest absolute Gasteiger partial charge is 0.142 e. The minimum absolute atomic E-state index is 0.429. The Hall–Kier alpha value is -1.87. The first-order chi connectivity index (χ1) is 8.34. The lowest BCUT2D eigenvalue weighted by atomic mass is 10.2. The van der Waals surface area contributed by atoms with E-state index in [2.05, 4.69) is 10.1 Å². The van der Waals surface area contributed by atoms with E-state index in [9.17, 15) is 0 Å². The highest BCUT2D eigenvalue weighted by molar-refractivity contribution is 6.30. The Morgan fingerprint density at radius 3 is 2.53 bits per heavy atom. The zero-order valence-corrected chi connectivity index (χ0v) is 9.84. The van der Waals surface area contributed by atoms with Crippen molar-refractivity contribution in [3.8, 4) is 0 Å². The molecule has 17 heavy (non-hydrogen) atoms. The van der Waals surface area contributed by atoms with Crippen molar-refractivity contribution in [2.24, 2.45) is 5.16 Å². The predicted octanol–water partition coefficient (Wildman–Crippen LogP) is 3.29. The molecule has 1 aromatic heterocycles. The van der Waals surface area contributed by atoms with Crippen LogP contribution in [0.4, 0.5) is 0 Å². The normalized spacial score (nSPS) is 10.6. The van der Waals surface area contributed by atoms with Crippen LogP contribution in [0.1, 0.15) is 11.1 Å². The maximum absolute atomic E-state index is 5.78. The third kappa shape index (κ3) is 3.89. The molecule has 0 aliphatic carbocycles. The van der Waals surface area contributed by atoms with Gasteiger partial charge in [0.25, 0.3) is 0 Å². The van der Waals surface area contributed by atoms with E-state index < -0.39 is 0 Å². The molecule has 0 fully saturated rings. The van der Waals surface area contributed by atoms with Gasteiger partial charge in [-0.2, -0.15) is 0 Å². The van der Waals surface area contributed by atoms with Gasteiger partial charge in [0.05, 0.1) is 6.21 Å². The molecule has 86 valence electrons. The van der Waals surface area contributed by atoms with E-state index in [-0.39, 0.29) is 0 Å². The Morgan fingerprint density at radius 2 is 1.82 bits per heavy atom. The number of halogens is 1. The van der Waals surface area contributed by atoms with Crippen molar-refractivity contribution in [1.29, 1.82) is 0 Å². The fourth-order valence-electron chi connectivity index (χ4n) is 1.24. The number of benzene rings is 1. The Kier molecular flexibility index (Phi) is 4.11. The monoisotopic (exact) mass is 246 g/mol. The van der Waals surface area contributed by atoms with Gasteiger partial charge in [-0.05, 0) is 35.4 Å². The lowest BCUT2D eigenvalue weighted by molar-refractivity contribution is 0.132. The Morgan fingerprint density at radius 1 is 1.12 bits per heavy atom. The van der Waals surface area contributed by atoms with Crippen molar-refractivity contribution in [1.82, 2.24) is 4.98 Å². The van der Waals surface area contributed by atoms with E-state index in [1.807, 2.05) is 36.4 Å². The van der Waals surface area contributed by atoms with Gasteiger partial charge >= 0.3 is 0 Å². The molecule has 4 heteroatoms. The zero-order chi connectivity index (χ0) is 11.9. The number of hydrogen-bond donors (Lipinski definition) is 0. The van der Waals surface area contributed by atoms with Gasteiger partial charge in [-0.1, -0.05) is 28.9 Å². The van der Waals surface area contributed by atoms with Crippen molar-refractivity contribution in [3.63, 3.8) is 0 Å². The molecule has 2 rings (SSSR count). The van der Waals surface area contributed by atoms with Crippen molar-refractivity contribution < 1.29 is 4.84 Å². The Labute approximate surface area is 105 Å². The van der Waals surface area contributed by atoms with Crippen molar-refractivity contribution in [2.45, 2.75) is 6.61 Å². The van der Waals surface area contributed by atoms with Gasteiger partial charge in [-0.25, -0.2) is 0 Å². The molecule has 2 aromatic rings. The molecule has 0 atom stereocenters. The van der Waals surface area contributed by atoms with E-state index in [0.29, 0.717) is 11.6 Å². The van der Waals surface area contributed by atoms with Crippen LogP contribution in [0.15, 0.2) is 53.9 Å². The second-order valence-corrected chi connectivity index (χ2v) is 3.85. The molecule has 0 N–H and O–H groups in total. The lowest BCUT2D eigenvalue weighted by Gasteiger charge is -1.99. The van der Waals surface area contributed by atoms with Crippen molar-refractivity contribution in [2.75, 3.05) is 0 Å². The van der Waals surface area contributed by atoms with Crippen LogP contribution >= 0.6 is 11.6 Å². The zero-order valence-electron chi connectivity index (χ0n) is 9.08. The van der Waals surface area contributed by atoms with Crippen LogP contribution in [-0.2, 0) is 11.4 Å². The average Bonchev–Trinajstić information content (AvgIpc) is 2.38. The summed E-state index contributed by atoms with van der Waals surface area (Å²) in [6, 6.07) is 11.2. The van der Waals surface area contributed by atoms with E-state index in [1.165, 1.54) is 0 Å². The quantitative estimate of drug-likeness (QED) is 0.613. The molecular formula is C13H11ClN2O. The SMILES string of the molecule is Clc1ccc(CON=Cc2ccncc2)cc1.